The van der Waals surface area contributed by atoms with Crippen LogP contribution >= 0.6 is 0 Å². The Morgan fingerprint density at radius 1 is 1.10 bits per heavy atom. The lowest BCUT2D eigenvalue weighted by Gasteiger charge is -2.11. The smallest absolute Gasteiger partial charge is 0.293 e. The van der Waals surface area contributed by atoms with Crippen molar-refractivity contribution in [2.24, 2.45) is 0 Å². The first-order valence-corrected chi connectivity index (χ1v) is 6.63. The highest BCUT2D eigenvalue weighted by atomic mass is 16.6. The first-order chi connectivity index (χ1) is 9.99. The van der Waals surface area contributed by atoms with Crippen molar-refractivity contribution in [2.45, 2.75) is 19.9 Å². The summed E-state index contributed by atoms with van der Waals surface area (Å²) < 4.78 is 0. The molecule has 0 aliphatic carbocycles. The Labute approximate surface area is 122 Å². The molecule has 0 aromatic heterocycles. The summed E-state index contributed by atoms with van der Waals surface area (Å²) in [5.41, 5.74) is 1.14. The van der Waals surface area contributed by atoms with E-state index >= 15 is 0 Å². The zero-order valence-electron chi connectivity index (χ0n) is 11.9. The van der Waals surface area contributed by atoms with Gasteiger partial charge in [0.05, 0.1) is 4.92 Å². The Morgan fingerprint density at radius 3 is 2.33 bits per heavy atom. The molecule has 2 aromatic carbocycles. The normalized spacial score (nSPS) is 10.4. The Kier molecular flexibility index (Phi) is 4.33. The van der Waals surface area contributed by atoms with Crippen molar-refractivity contribution >= 4 is 17.2 Å². The maximum atomic E-state index is 12.3. The fourth-order valence-corrected chi connectivity index (χ4v) is 2.01. The van der Waals surface area contributed by atoms with E-state index in [1.165, 1.54) is 6.07 Å². The molecule has 0 saturated carbocycles. The molecule has 0 aliphatic heterocycles. The summed E-state index contributed by atoms with van der Waals surface area (Å²) in [4.78, 5) is 23.0. The van der Waals surface area contributed by atoms with E-state index in [1.807, 2.05) is 19.9 Å². The van der Waals surface area contributed by atoms with Gasteiger partial charge in [-0.15, -0.1) is 0 Å². The molecule has 0 fully saturated rings. The van der Waals surface area contributed by atoms with E-state index in [4.69, 9.17) is 0 Å². The number of benzene rings is 2. The quantitative estimate of drug-likeness (QED) is 0.517. The monoisotopic (exact) mass is 284 g/mol. The molecule has 2 aromatic rings. The maximum Gasteiger partial charge on any atom is 0.293 e. The highest BCUT2D eigenvalue weighted by Gasteiger charge is 2.18. The van der Waals surface area contributed by atoms with Gasteiger partial charge in [0.2, 0.25) is 0 Å². The molecule has 0 bridgehead atoms. The van der Waals surface area contributed by atoms with Gasteiger partial charge in [-0.05, 0) is 26.0 Å². The first-order valence-electron chi connectivity index (χ1n) is 6.63. The van der Waals surface area contributed by atoms with Crippen molar-refractivity contribution in [2.75, 3.05) is 5.32 Å². The molecule has 1 N–H and O–H groups in total. The van der Waals surface area contributed by atoms with Crippen molar-refractivity contribution in [3.63, 3.8) is 0 Å². The van der Waals surface area contributed by atoms with Crippen LogP contribution < -0.4 is 5.32 Å². The second-order valence-corrected chi connectivity index (χ2v) is 4.98. The van der Waals surface area contributed by atoms with E-state index in [9.17, 15) is 14.9 Å². The number of ketones is 1. The molecule has 2 rings (SSSR count). The second-order valence-electron chi connectivity index (χ2n) is 4.98. The van der Waals surface area contributed by atoms with Gasteiger partial charge in [-0.2, -0.15) is 0 Å². The number of nitrogens with one attached hydrogen (secondary N) is 1. The van der Waals surface area contributed by atoms with Crippen LogP contribution in [0, 0.1) is 10.1 Å². The van der Waals surface area contributed by atoms with Crippen LogP contribution in [0.2, 0.25) is 0 Å². The minimum absolute atomic E-state index is 0.0689. The van der Waals surface area contributed by atoms with Crippen LogP contribution in [0.15, 0.2) is 48.5 Å². The van der Waals surface area contributed by atoms with Crippen molar-refractivity contribution < 1.29 is 9.72 Å². The summed E-state index contributed by atoms with van der Waals surface area (Å²) >= 11 is 0. The summed E-state index contributed by atoms with van der Waals surface area (Å²) in [6, 6.07) is 13.3. The van der Waals surface area contributed by atoms with Gasteiger partial charge in [0.1, 0.15) is 5.69 Å². The van der Waals surface area contributed by atoms with Gasteiger partial charge in [0.15, 0.2) is 5.78 Å². The van der Waals surface area contributed by atoms with Crippen LogP contribution in [0.1, 0.15) is 29.8 Å². The Balaban J connectivity index is 2.40. The molecule has 108 valence electrons. The molecule has 0 unspecified atom stereocenters. The average Bonchev–Trinajstić information content (AvgIpc) is 2.47. The fraction of sp³-hybridized carbons (Fsp3) is 0.188. The van der Waals surface area contributed by atoms with Crippen molar-refractivity contribution in [3.05, 3.63) is 69.8 Å². The average molecular weight is 284 g/mol. The molecular formula is C16H16N2O3. The molecule has 0 amide bonds. The second kappa shape index (κ2) is 6.17. The molecule has 0 heterocycles. The highest BCUT2D eigenvalue weighted by Crippen LogP contribution is 2.27. The van der Waals surface area contributed by atoms with Gasteiger partial charge < -0.3 is 5.32 Å². The van der Waals surface area contributed by atoms with Crippen molar-refractivity contribution in [1.82, 2.24) is 0 Å². The summed E-state index contributed by atoms with van der Waals surface area (Å²) in [6.07, 6.45) is 0. The molecule has 0 spiro atoms. The Morgan fingerprint density at radius 2 is 1.76 bits per heavy atom. The van der Waals surface area contributed by atoms with Gasteiger partial charge in [0.25, 0.3) is 5.69 Å². The first kappa shape index (κ1) is 14.7. The number of carbonyl (C=O) groups excluding carboxylic acids is 1. The van der Waals surface area contributed by atoms with Crippen molar-refractivity contribution in [1.29, 1.82) is 0 Å². The summed E-state index contributed by atoms with van der Waals surface area (Å²) in [7, 11) is 0. The van der Waals surface area contributed by atoms with Crippen LogP contribution in [0.4, 0.5) is 11.4 Å². The van der Waals surface area contributed by atoms with E-state index in [2.05, 4.69) is 5.32 Å². The SMILES string of the molecule is CC(C)Nc1ccc(C(=O)c2ccccc2)cc1[N+](=O)[O-]. The Bertz CT molecular complexity index is 666. The third-order valence-electron chi connectivity index (χ3n) is 2.94. The van der Waals surface area contributed by atoms with Crippen molar-refractivity contribution in [3.8, 4) is 0 Å². The fourth-order valence-electron chi connectivity index (χ4n) is 2.01. The number of nitro groups is 1. The lowest BCUT2D eigenvalue weighted by atomic mass is 10.0. The Hall–Kier alpha value is -2.69. The molecule has 5 heteroatoms. The summed E-state index contributed by atoms with van der Waals surface area (Å²) in [5, 5.41) is 14.2. The van der Waals surface area contributed by atoms with Gasteiger partial charge in [0, 0.05) is 23.2 Å². The van der Waals surface area contributed by atoms with Gasteiger partial charge in [-0.25, -0.2) is 0 Å². The third-order valence-corrected chi connectivity index (χ3v) is 2.94. The van der Waals surface area contributed by atoms with Gasteiger partial charge in [-0.3, -0.25) is 14.9 Å². The highest BCUT2D eigenvalue weighted by molar-refractivity contribution is 6.09. The van der Waals surface area contributed by atoms with E-state index < -0.39 is 4.92 Å². The standard InChI is InChI=1S/C16H16N2O3/c1-11(2)17-14-9-8-13(10-15(14)18(20)21)16(19)12-6-4-3-5-7-12/h3-11,17H,1-2H3. The lowest BCUT2D eigenvalue weighted by molar-refractivity contribution is -0.384. The molecule has 0 saturated heterocycles. The van der Waals surface area contributed by atoms with Crippen LogP contribution in [0.3, 0.4) is 0 Å². The summed E-state index contributed by atoms with van der Waals surface area (Å²) in [6.45, 7) is 3.79. The predicted octanol–water partition coefficient (Wildman–Crippen LogP) is 3.65. The number of carbonyl (C=O) groups is 1. The molecular weight excluding hydrogens is 268 g/mol. The number of hydrogen-bond acceptors (Lipinski definition) is 4. The van der Waals surface area contributed by atoms with Gasteiger partial charge >= 0.3 is 0 Å². The number of rotatable bonds is 5. The summed E-state index contributed by atoms with van der Waals surface area (Å²) in [5.74, 6) is -0.227. The zero-order chi connectivity index (χ0) is 15.4. The van der Waals surface area contributed by atoms with Crippen LogP contribution in [-0.4, -0.2) is 16.7 Å². The number of nitrogens with zero attached hydrogens (tertiary/aromatic N) is 1. The number of hydrogen-bond donors (Lipinski definition) is 1. The van der Waals surface area contributed by atoms with Gasteiger partial charge in [-0.1, -0.05) is 30.3 Å². The maximum absolute atomic E-state index is 12.3. The third kappa shape index (κ3) is 3.45. The number of nitro benzene ring substituents is 1. The van der Waals surface area contributed by atoms with E-state index in [-0.39, 0.29) is 17.5 Å². The van der Waals surface area contributed by atoms with Crippen LogP contribution in [0.5, 0.6) is 0 Å². The molecule has 21 heavy (non-hydrogen) atoms. The molecule has 0 atom stereocenters. The minimum Gasteiger partial charge on any atom is -0.377 e. The number of anilines is 1. The van der Waals surface area contributed by atoms with Crippen LogP contribution in [0.25, 0.3) is 0 Å². The zero-order valence-corrected chi connectivity index (χ0v) is 11.9. The van der Waals surface area contributed by atoms with Crippen LogP contribution in [-0.2, 0) is 0 Å². The van der Waals surface area contributed by atoms with E-state index in [1.54, 1.807) is 36.4 Å². The minimum atomic E-state index is -0.480. The largest absolute Gasteiger partial charge is 0.377 e. The molecule has 5 nitrogen and oxygen atoms in total. The van der Waals surface area contributed by atoms with E-state index in [0.717, 1.165) is 0 Å². The molecule has 0 radical (unpaired) electrons. The predicted molar refractivity (Wildman–Crippen MR) is 81.7 cm³/mol. The van der Waals surface area contributed by atoms with E-state index in [0.29, 0.717) is 16.8 Å². The topological polar surface area (TPSA) is 72.2 Å². The molecule has 0 aliphatic rings. The lowest BCUT2D eigenvalue weighted by Crippen LogP contribution is -2.12.